The van der Waals surface area contributed by atoms with Crippen LogP contribution in [0.1, 0.15) is 17.0 Å². The molecule has 0 bridgehead atoms. The van der Waals surface area contributed by atoms with Gasteiger partial charge in [-0.1, -0.05) is 24.3 Å². The van der Waals surface area contributed by atoms with Gasteiger partial charge >= 0.3 is 0 Å². The lowest BCUT2D eigenvalue weighted by molar-refractivity contribution is 0.415. The number of nitrogens with zero attached hydrogens (tertiary/aromatic N) is 1. The van der Waals surface area contributed by atoms with Crippen LogP contribution < -0.4 is 4.74 Å². The van der Waals surface area contributed by atoms with Gasteiger partial charge in [0.25, 0.3) is 0 Å². The van der Waals surface area contributed by atoms with Crippen LogP contribution in [-0.2, 0) is 13.0 Å². The maximum atomic E-state index is 5.28. The minimum absolute atomic E-state index is 0.656. The first-order valence-electron chi connectivity index (χ1n) is 7.06. The van der Waals surface area contributed by atoms with Crippen LogP contribution in [0.3, 0.4) is 0 Å². The molecule has 1 heterocycles. The van der Waals surface area contributed by atoms with Gasteiger partial charge in [0.05, 0.1) is 7.11 Å². The summed E-state index contributed by atoms with van der Waals surface area (Å²) in [5.41, 5.74) is 4.31. The Bertz CT molecular complexity index is 772. The lowest BCUT2D eigenvalue weighted by Gasteiger charge is -2.30. The molecule has 1 unspecified atom stereocenters. The standard InChI is InChI=1S/C18H17NO/c1-20-16-6-7-18-14(11-16)8-9-19(18)12-15-10-13-4-2-3-5-17(13)15/h2-9,11,15H,10,12H2,1H3. The van der Waals surface area contributed by atoms with Crippen LogP contribution in [0.5, 0.6) is 5.75 Å². The van der Waals surface area contributed by atoms with Gasteiger partial charge in [0.15, 0.2) is 0 Å². The van der Waals surface area contributed by atoms with Crippen LogP contribution in [0.4, 0.5) is 0 Å². The van der Waals surface area contributed by atoms with E-state index < -0.39 is 0 Å². The van der Waals surface area contributed by atoms with Crippen LogP contribution in [-0.4, -0.2) is 11.7 Å². The fourth-order valence-electron chi connectivity index (χ4n) is 3.23. The molecule has 1 aliphatic rings. The van der Waals surface area contributed by atoms with Gasteiger partial charge in [0, 0.05) is 29.6 Å². The van der Waals surface area contributed by atoms with Gasteiger partial charge in [-0.25, -0.2) is 0 Å². The molecule has 1 aliphatic carbocycles. The van der Waals surface area contributed by atoms with Gasteiger partial charge in [-0.3, -0.25) is 0 Å². The van der Waals surface area contributed by atoms with Gasteiger partial charge < -0.3 is 9.30 Å². The van der Waals surface area contributed by atoms with Crippen LogP contribution in [0.2, 0.25) is 0 Å². The maximum Gasteiger partial charge on any atom is 0.119 e. The van der Waals surface area contributed by atoms with Crippen molar-refractivity contribution in [2.24, 2.45) is 0 Å². The minimum Gasteiger partial charge on any atom is -0.497 e. The number of hydrogen-bond donors (Lipinski definition) is 0. The molecule has 0 saturated heterocycles. The number of aromatic nitrogens is 1. The van der Waals surface area contributed by atoms with Crippen molar-refractivity contribution in [2.75, 3.05) is 7.11 Å². The second kappa shape index (κ2) is 4.41. The number of ether oxygens (including phenoxy) is 1. The molecular weight excluding hydrogens is 246 g/mol. The normalized spacial score (nSPS) is 16.8. The van der Waals surface area contributed by atoms with E-state index in [1.54, 1.807) is 7.11 Å². The molecule has 0 spiro atoms. The van der Waals surface area contributed by atoms with Crippen molar-refractivity contribution in [3.05, 3.63) is 65.9 Å². The Hall–Kier alpha value is -2.22. The van der Waals surface area contributed by atoms with Crippen molar-refractivity contribution in [1.82, 2.24) is 4.57 Å². The molecular formula is C18H17NO. The highest BCUT2D eigenvalue weighted by Crippen LogP contribution is 2.36. The summed E-state index contributed by atoms with van der Waals surface area (Å²) in [6, 6.07) is 17.2. The number of benzene rings is 2. The van der Waals surface area contributed by atoms with E-state index in [1.807, 2.05) is 6.07 Å². The Balaban J connectivity index is 1.64. The second-order valence-electron chi connectivity index (χ2n) is 5.49. The Labute approximate surface area is 118 Å². The third kappa shape index (κ3) is 1.72. The van der Waals surface area contributed by atoms with E-state index >= 15 is 0 Å². The molecule has 4 rings (SSSR count). The van der Waals surface area contributed by atoms with Crippen LogP contribution in [0.25, 0.3) is 10.9 Å². The SMILES string of the molecule is COc1ccc2c(ccn2CC2Cc3ccccc32)c1. The molecule has 3 aromatic rings. The van der Waals surface area contributed by atoms with Crippen molar-refractivity contribution in [3.63, 3.8) is 0 Å². The van der Waals surface area contributed by atoms with E-state index in [-0.39, 0.29) is 0 Å². The first kappa shape index (κ1) is 11.6. The summed E-state index contributed by atoms with van der Waals surface area (Å²) < 4.78 is 7.64. The number of fused-ring (bicyclic) bond motifs is 2. The zero-order valence-electron chi connectivity index (χ0n) is 11.5. The lowest BCUT2D eigenvalue weighted by atomic mass is 9.77. The van der Waals surface area contributed by atoms with Gasteiger partial charge in [0.2, 0.25) is 0 Å². The van der Waals surface area contributed by atoms with Crippen molar-refractivity contribution >= 4 is 10.9 Å². The minimum atomic E-state index is 0.656. The molecule has 0 aliphatic heterocycles. The highest BCUT2D eigenvalue weighted by atomic mass is 16.5. The van der Waals surface area contributed by atoms with Crippen LogP contribution >= 0.6 is 0 Å². The predicted octanol–water partition coefficient (Wildman–Crippen LogP) is 3.99. The summed E-state index contributed by atoms with van der Waals surface area (Å²) in [5, 5.41) is 1.25. The molecule has 0 amide bonds. The molecule has 0 fully saturated rings. The predicted molar refractivity (Wildman–Crippen MR) is 81.4 cm³/mol. The van der Waals surface area contributed by atoms with Crippen molar-refractivity contribution < 1.29 is 4.74 Å². The zero-order valence-corrected chi connectivity index (χ0v) is 11.5. The van der Waals surface area contributed by atoms with Crippen LogP contribution in [0, 0.1) is 0 Å². The number of hydrogen-bond acceptors (Lipinski definition) is 1. The second-order valence-corrected chi connectivity index (χ2v) is 5.49. The molecule has 1 aromatic heterocycles. The highest BCUT2D eigenvalue weighted by Gasteiger charge is 2.25. The molecule has 100 valence electrons. The van der Waals surface area contributed by atoms with E-state index in [4.69, 9.17) is 4.74 Å². The van der Waals surface area contributed by atoms with Crippen molar-refractivity contribution in [2.45, 2.75) is 18.9 Å². The average Bonchev–Trinajstić information content (AvgIpc) is 2.87. The van der Waals surface area contributed by atoms with Crippen molar-refractivity contribution in [1.29, 1.82) is 0 Å². The summed E-state index contributed by atoms with van der Waals surface area (Å²) in [7, 11) is 1.71. The Morgan fingerprint density at radius 1 is 1.15 bits per heavy atom. The lowest BCUT2D eigenvalue weighted by Crippen LogP contribution is -2.21. The fraction of sp³-hybridized carbons (Fsp3) is 0.222. The average molecular weight is 263 g/mol. The van der Waals surface area contributed by atoms with E-state index in [9.17, 15) is 0 Å². The summed E-state index contributed by atoms with van der Waals surface area (Å²) in [4.78, 5) is 0. The van der Waals surface area contributed by atoms with E-state index in [0.29, 0.717) is 5.92 Å². The molecule has 0 N–H and O–H groups in total. The first-order chi connectivity index (χ1) is 9.85. The monoisotopic (exact) mass is 263 g/mol. The highest BCUT2D eigenvalue weighted by molar-refractivity contribution is 5.81. The smallest absolute Gasteiger partial charge is 0.119 e. The largest absolute Gasteiger partial charge is 0.497 e. The van der Waals surface area contributed by atoms with Gasteiger partial charge in [-0.2, -0.15) is 0 Å². The quantitative estimate of drug-likeness (QED) is 0.697. The molecule has 2 heteroatoms. The summed E-state index contributed by atoms with van der Waals surface area (Å²) in [6.45, 7) is 1.06. The summed E-state index contributed by atoms with van der Waals surface area (Å²) in [5.74, 6) is 1.58. The Morgan fingerprint density at radius 3 is 2.90 bits per heavy atom. The molecule has 20 heavy (non-hydrogen) atoms. The Morgan fingerprint density at radius 2 is 2.05 bits per heavy atom. The molecule has 2 nitrogen and oxygen atoms in total. The molecule has 0 saturated carbocycles. The maximum absolute atomic E-state index is 5.28. The van der Waals surface area contributed by atoms with E-state index in [0.717, 1.165) is 12.3 Å². The van der Waals surface area contributed by atoms with Crippen molar-refractivity contribution in [3.8, 4) is 5.75 Å². The zero-order chi connectivity index (χ0) is 13.5. The van der Waals surface area contributed by atoms with E-state index in [2.05, 4.69) is 53.2 Å². The summed E-state index contributed by atoms with van der Waals surface area (Å²) >= 11 is 0. The summed E-state index contributed by atoms with van der Waals surface area (Å²) in [6.07, 6.45) is 3.39. The molecule has 2 aromatic carbocycles. The van der Waals surface area contributed by atoms with Gasteiger partial charge in [-0.05, 0) is 41.8 Å². The Kier molecular flexibility index (Phi) is 2.56. The third-order valence-electron chi connectivity index (χ3n) is 4.36. The van der Waals surface area contributed by atoms with Gasteiger partial charge in [-0.15, -0.1) is 0 Å². The van der Waals surface area contributed by atoms with Gasteiger partial charge in [0.1, 0.15) is 5.75 Å². The topological polar surface area (TPSA) is 14.2 Å². The van der Waals surface area contributed by atoms with Crippen LogP contribution in [0.15, 0.2) is 54.7 Å². The first-order valence-corrected chi connectivity index (χ1v) is 7.06. The number of methoxy groups -OCH3 is 1. The fourth-order valence-corrected chi connectivity index (χ4v) is 3.23. The third-order valence-corrected chi connectivity index (χ3v) is 4.36. The van der Waals surface area contributed by atoms with E-state index in [1.165, 1.54) is 28.5 Å². The molecule has 1 atom stereocenters. The number of rotatable bonds is 3. The molecule has 0 radical (unpaired) electrons.